The highest BCUT2D eigenvalue weighted by molar-refractivity contribution is 5.61. The van der Waals surface area contributed by atoms with E-state index in [4.69, 9.17) is 5.73 Å². The monoisotopic (exact) mass is 213 g/mol. The summed E-state index contributed by atoms with van der Waals surface area (Å²) in [7, 11) is 0. The summed E-state index contributed by atoms with van der Waals surface area (Å²) in [6.45, 7) is 0. The molecule has 0 unspecified atom stereocenters. The third kappa shape index (κ3) is 0.901. The molecular formula is C13H15N3. The first-order chi connectivity index (χ1) is 7.75. The van der Waals surface area contributed by atoms with Gasteiger partial charge in [-0.25, -0.2) is 4.52 Å². The lowest BCUT2D eigenvalue weighted by Crippen LogP contribution is -2.37. The van der Waals surface area contributed by atoms with Gasteiger partial charge < -0.3 is 5.73 Å². The maximum Gasteiger partial charge on any atom is 0.0699 e. The quantitative estimate of drug-likeness (QED) is 0.827. The molecule has 2 fully saturated rings. The molecule has 0 spiro atoms. The molecule has 2 aliphatic carbocycles. The fourth-order valence-corrected chi connectivity index (χ4v) is 3.08. The minimum atomic E-state index is 0.0758. The molecule has 0 amide bonds. The largest absolute Gasteiger partial charge is 0.324 e. The van der Waals surface area contributed by atoms with Gasteiger partial charge in [-0.2, -0.15) is 5.10 Å². The average molecular weight is 213 g/mol. The Morgan fingerprint density at radius 2 is 2.00 bits per heavy atom. The number of hydrogen-bond donors (Lipinski definition) is 1. The molecule has 3 heteroatoms. The summed E-state index contributed by atoms with van der Waals surface area (Å²) in [4.78, 5) is 0. The van der Waals surface area contributed by atoms with Crippen LogP contribution in [0.5, 0.6) is 0 Å². The minimum Gasteiger partial charge on any atom is -0.324 e. The Bertz CT molecular complexity index is 561. The lowest BCUT2D eigenvalue weighted by Gasteiger charge is -2.21. The van der Waals surface area contributed by atoms with Crippen molar-refractivity contribution in [1.82, 2.24) is 9.61 Å². The first-order valence-corrected chi connectivity index (χ1v) is 5.97. The zero-order valence-electron chi connectivity index (χ0n) is 9.19. The second kappa shape index (κ2) is 2.48. The van der Waals surface area contributed by atoms with Crippen molar-refractivity contribution in [1.29, 1.82) is 0 Å². The van der Waals surface area contributed by atoms with E-state index in [9.17, 15) is 0 Å². The van der Waals surface area contributed by atoms with Gasteiger partial charge in [0, 0.05) is 22.7 Å². The molecule has 0 atom stereocenters. The average Bonchev–Trinajstić information content (AvgIpc) is 3.20. The van der Waals surface area contributed by atoms with Gasteiger partial charge >= 0.3 is 0 Å². The Kier molecular flexibility index (Phi) is 1.36. The normalized spacial score (nSPS) is 24.6. The van der Waals surface area contributed by atoms with Crippen LogP contribution in [0.4, 0.5) is 0 Å². The van der Waals surface area contributed by atoms with Crippen LogP contribution in [0.15, 0.2) is 30.6 Å². The summed E-state index contributed by atoms with van der Waals surface area (Å²) >= 11 is 0. The smallest absolute Gasteiger partial charge is 0.0699 e. The molecule has 0 radical (unpaired) electrons. The number of aromatic nitrogens is 2. The molecule has 2 N–H and O–H groups in total. The molecule has 2 aliphatic rings. The summed E-state index contributed by atoms with van der Waals surface area (Å²) < 4.78 is 1.96. The Balaban J connectivity index is 1.94. The summed E-state index contributed by atoms with van der Waals surface area (Å²) in [6, 6.07) is 6.24. The lowest BCUT2D eigenvalue weighted by molar-refractivity contribution is 0.506. The van der Waals surface area contributed by atoms with Crippen molar-refractivity contribution in [2.75, 3.05) is 0 Å². The van der Waals surface area contributed by atoms with Gasteiger partial charge in [0.2, 0.25) is 0 Å². The zero-order valence-corrected chi connectivity index (χ0v) is 9.19. The van der Waals surface area contributed by atoms with Crippen LogP contribution < -0.4 is 5.73 Å². The molecule has 2 aromatic rings. The second-order valence-corrected chi connectivity index (χ2v) is 5.33. The van der Waals surface area contributed by atoms with Gasteiger partial charge in [0.1, 0.15) is 0 Å². The van der Waals surface area contributed by atoms with Gasteiger partial charge in [-0.05, 0) is 37.8 Å². The summed E-state index contributed by atoms with van der Waals surface area (Å²) in [6.07, 6.45) is 8.86. The Labute approximate surface area is 94.3 Å². The van der Waals surface area contributed by atoms with E-state index in [1.165, 1.54) is 36.8 Å². The van der Waals surface area contributed by atoms with Crippen molar-refractivity contribution in [3.8, 4) is 0 Å². The van der Waals surface area contributed by atoms with Crippen LogP contribution in [0.2, 0.25) is 0 Å². The highest BCUT2D eigenvalue weighted by atomic mass is 15.2. The number of nitrogens with two attached hydrogens (primary N) is 1. The molecule has 2 aromatic heterocycles. The van der Waals surface area contributed by atoms with Crippen LogP contribution in [0, 0.1) is 0 Å². The van der Waals surface area contributed by atoms with Gasteiger partial charge in [0.25, 0.3) is 0 Å². The van der Waals surface area contributed by atoms with Crippen molar-refractivity contribution in [2.45, 2.75) is 36.6 Å². The number of rotatable bonds is 2. The molecule has 2 heterocycles. The maximum absolute atomic E-state index is 6.43. The first kappa shape index (κ1) is 8.76. The zero-order chi connectivity index (χ0) is 10.8. The summed E-state index contributed by atoms with van der Waals surface area (Å²) in [5.41, 5.74) is 9.36. The SMILES string of the molecule is NC1(C2(c3cnn4ccccc34)CC2)CC1. The van der Waals surface area contributed by atoms with E-state index in [0.29, 0.717) is 0 Å². The number of pyridine rings is 1. The first-order valence-electron chi connectivity index (χ1n) is 5.97. The Morgan fingerprint density at radius 3 is 2.69 bits per heavy atom. The van der Waals surface area contributed by atoms with E-state index in [1.807, 2.05) is 23.0 Å². The van der Waals surface area contributed by atoms with E-state index < -0.39 is 0 Å². The molecule has 2 saturated carbocycles. The molecule has 0 bridgehead atoms. The van der Waals surface area contributed by atoms with Crippen molar-refractivity contribution in [3.63, 3.8) is 0 Å². The lowest BCUT2D eigenvalue weighted by atomic mass is 9.87. The van der Waals surface area contributed by atoms with Gasteiger partial charge in [-0.15, -0.1) is 0 Å². The van der Waals surface area contributed by atoms with Crippen molar-refractivity contribution in [2.24, 2.45) is 5.73 Å². The third-order valence-corrected chi connectivity index (χ3v) is 4.43. The van der Waals surface area contributed by atoms with Crippen LogP contribution in [-0.4, -0.2) is 15.2 Å². The van der Waals surface area contributed by atoms with Crippen LogP contribution >= 0.6 is 0 Å². The molecule has 0 aromatic carbocycles. The second-order valence-electron chi connectivity index (χ2n) is 5.33. The third-order valence-electron chi connectivity index (χ3n) is 4.43. The Morgan fingerprint density at radius 1 is 1.19 bits per heavy atom. The van der Waals surface area contributed by atoms with Crippen LogP contribution in [0.1, 0.15) is 31.2 Å². The molecular weight excluding hydrogens is 198 g/mol. The standard InChI is InChI=1S/C13H15N3/c14-13(6-7-13)12(4-5-12)10-9-15-16-8-2-1-3-11(10)16/h1-3,8-9H,4-7,14H2. The van der Waals surface area contributed by atoms with E-state index in [-0.39, 0.29) is 11.0 Å². The van der Waals surface area contributed by atoms with Crippen molar-refractivity contribution in [3.05, 3.63) is 36.2 Å². The maximum atomic E-state index is 6.43. The van der Waals surface area contributed by atoms with E-state index in [2.05, 4.69) is 17.2 Å². The van der Waals surface area contributed by atoms with Crippen molar-refractivity contribution < 1.29 is 0 Å². The molecule has 4 rings (SSSR count). The molecule has 3 nitrogen and oxygen atoms in total. The van der Waals surface area contributed by atoms with E-state index >= 15 is 0 Å². The summed E-state index contributed by atoms with van der Waals surface area (Å²) in [5, 5.41) is 4.43. The number of nitrogens with zero attached hydrogens (tertiary/aromatic N) is 2. The van der Waals surface area contributed by atoms with Crippen LogP contribution in [0.25, 0.3) is 5.52 Å². The topological polar surface area (TPSA) is 43.3 Å². The van der Waals surface area contributed by atoms with E-state index in [0.717, 1.165) is 0 Å². The fraction of sp³-hybridized carbons (Fsp3) is 0.462. The number of fused-ring (bicyclic) bond motifs is 1. The molecule has 0 saturated heterocycles. The van der Waals surface area contributed by atoms with Crippen LogP contribution in [-0.2, 0) is 5.41 Å². The molecule has 82 valence electrons. The van der Waals surface area contributed by atoms with Gasteiger partial charge in [-0.3, -0.25) is 0 Å². The highest BCUT2D eigenvalue weighted by Gasteiger charge is 2.64. The number of hydrogen-bond acceptors (Lipinski definition) is 2. The van der Waals surface area contributed by atoms with Gasteiger partial charge in [-0.1, -0.05) is 6.07 Å². The van der Waals surface area contributed by atoms with E-state index in [1.54, 1.807) is 0 Å². The predicted molar refractivity (Wildman–Crippen MR) is 62.3 cm³/mol. The minimum absolute atomic E-state index is 0.0758. The molecule has 0 aliphatic heterocycles. The fourth-order valence-electron chi connectivity index (χ4n) is 3.08. The van der Waals surface area contributed by atoms with Gasteiger partial charge in [0.05, 0.1) is 11.7 Å². The Hall–Kier alpha value is -1.35. The highest BCUT2D eigenvalue weighted by Crippen LogP contribution is 2.64. The predicted octanol–water partition coefficient (Wildman–Crippen LogP) is 1.86. The van der Waals surface area contributed by atoms with Crippen molar-refractivity contribution >= 4 is 5.52 Å². The molecule has 16 heavy (non-hydrogen) atoms. The van der Waals surface area contributed by atoms with Crippen LogP contribution in [0.3, 0.4) is 0 Å². The van der Waals surface area contributed by atoms with Gasteiger partial charge in [0.15, 0.2) is 0 Å². The summed E-state index contributed by atoms with van der Waals surface area (Å²) in [5.74, 6) is 0.